The maximum absolute atomic E-state index is 13.5. The van der Waals surface area contributed by atoms with Gasteiger partial charge in [-0.25, -0.2) is 0 Å². The second kappa shape index (κ2) is 5.45. The molecule has 1 spiro atoms. The van der Waals surface area contributed by atoms with E-state index in [1.807, 2.05) is 13.8 Å². The Kier molecular flexibility index (Phi) is 4.30. The molecule has 3 saturated carbocycles. The minimum atomic E-state index is -2.07. The monoisotopic (exact) mass is 380 g/mol. The number of hydrogen-bond donors (Lipinski definition) is 1. The maximum Gasteiger partial charge on any atom is 0.192 e. The van der Waals surface area contributed by atoms with Gasteiger partial charge in [0.1, 0.15) is 11.4 Å². The Morgan fingerprint density at radius 1 is 1.15 bits per heavy atom. The molecular formula is C22H40O3Si. The van der Waals surface area contributed by atoms with E-state index in [1.54, 1.807) is 0 Å². The predicted octanol–water partition coefficient (Wildman–Crippen LogP) is 5.32. The molecule has 3 fully saturated rings. The zero-order chi connectivity index (χ0) is 20.0. The quantitative estimate of drug-likeness (QED) is 0.674. The summed E-state index contributed by atoms with van der Waals surface area (Å²) in [6.45, 7) is 19.4. The van der Waals surface area contributed by atoms with Crippen molar-refractivity contribution in [3.05, 3.63) is 0 Å². The van der Waals surface area contributed by atoms with Crippen LogP contribution in [0, 0.1) is 22.7 Å². The molecule has 0 radical (unpaired) electrons. The van der Waals surface area contributed by atoms with Gasteiger partial charge in [-0.15, -0.1) is 0 Å². The second-order valence-corrected chi connectivity index (χ2v) is 16.9. The van der Waals surface area contributed by atoms with Crippen LogP contribution in [0.15, 0.2) is 0 Å². The topological polar surface area (TPSA) is 46.5 Å². The lowest BCUT2D eigenvalue weighted by molar-refractivity contribution is -0.165. The largest absolute Gasteiger partial charge is 0.409 e. The third-order valence-corrected chi connectivity index (χ3v) is 13.3. The van der Waals surface area contributed by atoms with Gasteiger partial charge in [0, 0.05) is 5.41 Å². The molecule has 1 N–H and O–H groups in total. The van der Waals surface area contributed by atoms with Crippen LogP contribution in [-0.2, 0) is 9.22 Å². The first-order valence-electron chi connectivity index (χ1n) is 10.5. The Hall–Kier alpha value is -0.193. The molecule has 150 valence electrons. The van der Waals surface area contributed by atoms with E-state index in [1.165, 1.54) is 6.42 Å². The van der Waals surface area contributed by atoms with Crippen LogP contribution < -0.4 is 0 Å². The van der Waals surface area contributed by atoms with E-state index >= 15 is 0 Å². The fourth-order valence-corrected chi connectivity index (χ4v) is 8.17. The summed E-state index contributed by atoms with van der Waals surface area (Å²) in [5, 5.41) is 12.2. The molecule has 3 rings (SSSR count). The number of Topliss-reactive ketones (excluding diaryl/α,β-unsaturated/α-hetero) is 1. The molecule has 0 heterocycles. The molecule has 0 amide bonds. The van der Waals surface area contributed by atoms with Gasteiger partial charge in [-0.3, -0.25) is 4.79 Å². The smallest absolute Gasteiger partial charge is 0.192 e. The van der Waals surface area contributed by atoms with Crippen LogP contribution in [0.25, 0.3) is 0 Å². The van der Waals surface area contributed by atoms with Crippen LogP contribution in [0.2, 0.25) is 18.1 Å². The lowest BCUT2D eigenvalue weighted by Crippen LogP contribution is -2.62. The first-order chi connectivity index (χ1) is 11.5. The number of aliphatic hydroxyl groups is 1. The number of carbonyl (C=O) groups is 1. The van der Waals surface area contributed by atoms with Crippen molar-refractivity contribution in [2.75, 3.05) is 0 Å². The molecule has 0 saturated heterocycles. The Morgan fingerprint density at radius 2 is 1.73 bits per heavy atom. The van der Waals surface area contributed by atoms with Gasteiger partial charge in [0.2, 0.25) is 0 Å². The van der Waals surface area contributed by atoms with Gasteiger partial charge in [0.05, 0.1) is 11.5 Å². The first kappa shape index (κ1) is 20.5. The summed E-state index contributed by atoms with van der Waals surface area (Å²) in [4.78, 5) is 13.5. The second-order valence-electron chi connectivity index (χ2n) is 12.2. The van der Waals surface area contributed by atoms with Crippen molar-refractivity contribution >= 4 is 14.1 Å². The summed E-state index contributed by atoms with van der Waals surface area (Å²) < 4.78 is 6.80. The molecule has 3 aliphatic rings. The van der Waals surface area contributed by atoms with Crippen LogP contribution in [-0.4, -0.2) is 30.4 Å². The van der Waals surface area contributed by atoms with E-state index in [-0.39, 0.29) is 27.6 Å². The fraction of sp³-hybridized carbons (Fsp3) is 0.955. The lowest BCUT2D eigenvalue weighted by atomic mass is 9.69. The molecule has 2 unspecified atom stereocenters. The van der Waals surface area contributed by atoms with Gasteiger partial charge in [0.25, 0.3) is 0 Å². The minimum absolute atomic E-state index is 0.00337. The summed E-state index contributed by atoms with van der Waals surface area (Å²) in [5.41, 5.74) is -2.09. The zero-order valence-corrected chi connectivity index (χ0v) is 19.5. The SMILES string of the molecule is CC1(C)C[C@]23CCC[C@H]2CC(O)(C(C)(C)O[Si](C)(C)C(C)(C)C)C3C1=O. The molecule has 0 aromatic carbocycles. The van der Waals surface area contributed by atoms with Gasteiger partial charge in [-0.05, 0) is 69.0 Å². The predicted molar refractivity (Wildman–Crippen MR) is 109 cm³/mol. The van der Waals surface area contributed by atoms with E-state index in [0.717, 1.165) is 25.7 Å². The molecule has 3 nitrogen and oxygen atoms in total. The average Bonchev–Trinajstić information content (AvgIpc) is 2.94. The van der Waals surface area contributed by atoms with E-state index in [2.05, 4.69) is 47.7 Å². The minimum Gasteiger partial charge on any atom is -0.409 e. The van der Waals surface area contributed by atoms with Gasteiger partial charge >= 0.3 is 0 Å². The third-order valence-electron chi connectivity index (χ3n) is 8.68. The summed E-state index contributed by atoms with van der Waals surface area (Å²) >= 11 is 0. The van der Waals surface area contributed by atoms with Gasteiger partial charge in [0.15, 0.2) is 8.32 Å². The maximum atomic E-state index is 13.5. The standard InChI is InChI=1S/C22H40O3Si/c1-18(2,3)26(8,9)25-20(6,7)22(24)13-15-11-10-12-21(15)14-19(4,5)17(23)16(21)22/h15-16,24H,10-14H2,1-9H3/t15-,16?,21+,22?/m0/s1. The Balaban J connectivity index is 2.03. The summed E-state index contributed by atoms with van der Waals surface area (Å²) in [7, 11) is -2.07. The van der Waals surface area contributed by atoms with Crippen molar-refractivity contribution in [1.29, 1.82) is 0 Å². The molecule has 0 aromatic heterocycles. The number of ketones is 1. The highest BCUT2D eigenvalue weighted by atomic mass is 28.4. The van der Waals surface area contributed by atoms with Crippen molar-refractivity contribution in [2.24, 2.45) is 22.7 Å². The Morgan fingerprint density at radius 3 is 2.27 bits per heavy atom. The molecule has 0 aromatic rings. The van der Waals surface area contributed by atoms with E-state index in [4.69, 9.17) is 4.43 Å². The van der Waals surface area contributed by atoms with Gasteiger partial charge < -0.3 is 9.53 Å². The molecule has 4 heteroatoms. The number of rotatable bonds is 3. The van der Waals surface area contributed by atoms with Crippen LogP contribution in [0.5, 0.6) is 0 Å². The van der Waals surface area contributed by atoms with Crippen molar-refractivity contribution in [3.63, 3.8) is 0 Å². The van der Waals surface area contributed by atoms with Crippen molar-refractivity contribution < 1.29 is 14.3 Å². The van der Waals surface area contributed by atoms with E-state index in [0.29, 0.717) is 5.92 Å². The van der Waals surface area contributed by atoms with Crippen molar-refractivity contribution in [1.82, 2.24) is 0 Å². The third kappa shape index (κ3) is 2.54. The highest BCUT2D eigenvalue weighted by molar-refractivity contribution is 6.74. The number of carbonyl (C=O) groups excluding carboxylic acids is 1. The number of hydrogen-bond acceptors (Lipinski definition) is 3. The first-order valence-corrected chi connectivity index (χ1v) is 13.4. The summed E-state index contributed by atoms with van der Waals surface area (Å²) in [6, 6.07) is 0. The van der Waals surface area contributed by atoms with Crippen LogP contribution in [0.4, 0.5) is 0 Å². The Labute approximate surface area is 161 Å². The average molecular weight is 381 g/mol. The zero-order valence-electron chi connectivity index (χ0n) is 18.5. The van der Waals surface area contributed by atoms with E-state index < -0.39 is 19.5 Å². The summed E-state index contributed by atoms with van der Waals surface area (Å²) in [6.07, 6.45) is 5.10. The Bertz CT molecular complexity index is 615. The summed E-state index contributed by atoms with van der Waals surface area (Å²) in [5.74, 6) is 0.471. The molecule has 4 atom stereocenters. The normalized spacial score (nSPS) is 40.0. The molecule has 0 bridgehead atoms. The van der Waals surface area contributed by atoms with Crippen molar-refractivity contribution in [2.45, 2.75) is 110 Å². The van der Waals surface area contributed by atoms with Gasteiger partial charge in [-0.2, -0.15) is 0 Å². The van der Waals surface area contributed by atoms with E-state index in [9.17, 15) is 9.90 Å². The fourth-order valence-electron chi connectivity index (χ4n) is 6.41. The molecule has 0 aliphatic heterocycles. The van der Waals surface area contributed by atoms with Crippen LogP contribution >= 0.6 is 0 Å². The highest BCUT2D eigenvalue weighted by Crippen LogP contribution is 2.72. The van der Waals surface area contributed by atoms with Crippen LogP contribution in [0.1, 0.15) is 80.6 Å². The molecule has 26 heavy (non-hydrogen) atoms. The lowest BCUT2D eigenvalue weighted by Gasteiger charge is -2.51. The molecule has 3 aliphatic carbocycles. The molecular weight excluding hydrogens is 340 g/mol. The van der Waals surface area contributed by atoms with Gasteiger partial charge in [-0.1, -0.05) is 41.0 Å². The van der Waals surface area contributed by atoms with Crippen molar-refractivity contribution in [3.8, 4) is 0 Å². The van der Waals surface area contributed by atoms with Crippen LogP contribution in [0.3, 0.4) is 0 Å². The highest BCUT2D eigenvalue weighted by Gasteiger charge is 2.75.